The lowest BCUT2D eigenvalue weighted by molar-refractivity contribution is 0.920. The van der Waals surface area contributed by atoms with Crippen molar-refractivity contribution in [3.63, 3.8) is 0 Å². The number of hydrogen-bond donors (Lipinski definition) is 3. The minimum atomic E-state index is -0.144. The summed E-state index contributed by atoms with van der Waals surface area (Å²) in [6.45, 7) is 0.448. The van der Waals surface area contributed by atoms with Crippen molar-refractivity contribution in [1.29, 1.82) is 0 Å². The van der Waals surface area contributed by atoms with E-state index in [1.165, 1.54) is 0 Å². The van der Waals surface area contributed by atoms with E-state index < -0.39 is 0 Å². The highest BCUT2D eigenvalue weighted by Crippen LogP contribution is 1.73. The van der Waals surface area contributed by atoms with Crippen LogP contribution in [0.15, 0.2) is 0 Å². The molecule has 0 aromatic rings. The van der Waals surface area contributed by atoms with Gasteiger partial charge in [0.25, 0.3) is 0 Å². The Morgan fingerprint density at radius 1 is 1.80 bits per heavy atom. The van der Waals surface area contributed by atoms with Gasteiger partial charge in [0, 0.05) is 6.54 Å². The second-order valence-electron chi connectivity index (χ2n) is 0.803. The van der Waals surface area contributed by atoms with Gasteiger partial charge >= 0.3 is 0 Å². The first-order valence-electron chi connectivity index (χ1n) is 1.41. The van der Waals surface area contributed by atoms with E-state index in [0.717, 1.165) is 0 Å². The Kier molecular flexibility index (Phi) is 2.64. The summed E-state index contributed by atoms with van der Waals surface area (Å²) >= 11 is 3.75. The molecule has 0 saturated heterocycles. The molecule has 0 spiro atoms. The first-order valence-corrected chi connectivity index (χ1v) is 1.92. The van der Waals surface area contributed by atoms with Crippen LogP contribution in [0.1, 0.15) is 0 Å². The molecule has 32 valence electrons. The second kappa shape index (κ2) is 2.50. The second-order valence-corrected chi connectivity index (χ2v) is 1.47. The summed E-state index contributed by atoms with van der Waals surface area (Å²) in [5, 5.41) is -0.144. The normalized spacial score (nSPS) is 15.0. The van der Waals surface area contributed by atoms with Crippen LogP contribution in [0, 0.1) is 0 Å². The van der Waals surface area contributed by atoms with Gasteiger partial charge in [-0.25, -0.2) is 0 Å². The maximum atomic E-state index is 5.03. The zero-order valence-electron chi connectivity index (χ0n) is 2.89. The van der Waals surface area contributed by atoms with Crippen LogP contribution in [0.5, 0.6) is 0 Å². The lowest BCUT2D eigenvalue weighted by Gasteiger charge is -1.91. The molecule has 0 radical (unpaired) electrons. The molecule has 0 rings (SSSR count). The van der Waals surface area contributed by atoms with Crippen molar-refractivity contribution in [3.05, 3.63) is 0 Å². The Hall–Kier alpha value is 0.270. The van der Waals surface area contributed by atoms with Gasteiger partial charge in [0.05, 0.1) is 5.37 Å². The average Bonchev–Trinajstić information content (AvgIpc) is 1.38. The Labute approximate surface area is 36.9 Å². The topological polar surface area (TPSA) is 52.0 Å². The molecule has 3 heteroatoms. The van der Waals surface area contributed by atoms with Gasteiger partial charge in [-0.05, 0) is 0 Å². The highest BCUT2D eigenvalue weighted by Gasteiger charge is 1.80. The van der Waals surface area contributed by atoms with E-state index in [1.54, 1.807) is 0 Å². The molecular weight excluding hydrogens is 84.1 g/mol. The zero-order chi connectivity index (χ0) is 4.28. The highest BCUT2D eigenvalue weighted by molar-refractivity contribution is 7.80. The molecule has 0 aliphatic rings. The Bertz CT molecular complexity index is 21.6. The van der Waals surface area contributed by atoms with Crippen molar-refractivity contribution in [2.45, 2.75) is 5.37 Å². The standard InChI is InChI=1S/C2H8N2S/c3-1-2(4)5/h2,5H,1,3-4H2/t2-/m1/s1. The maximum Gasteiger partial charge on any atom is 0.0601 e. The van der Waals surface area contributed by atoms with Crippen molar-refractivity contribution in [2.75, 3.05) is 6.54 Å². The average molecular weight is 92.2 g/mol. The molecule has 4 N–H and O–H groups in total. The molecule has 0 aliphatic carbocycles. The molecule has 2 nitrogen and oxygen atoms in total. The Balaban J connectivity index is 2.54. The van der Waals surface area contributed by atoms with Crippen molar-refractivity contribution in [2.24, 2.45) is 11.5 Å². The fraction of sp³-hybridized carbons (Fsp3) is 1.00. The lowest BCUT2D eigenvalue weighted by atomic mass is 10.7. The molecule has 1 atom stereocenters. The summed E-state index contributed by atoms with van der Waals surface area (Å²) in [5.41, 5.74) is 10.0. The van der Waals surface area contributed by atoms with Crippen LogP contribution >= 0.6 is 12.6 Å². The van der Waals surface area contributed by atoms with Crippen molar-refractivity contribution >= 4 is 12.6 Å². The molecule has 0 bridgehead atoms. The quantitative estimate of drug-likeness (QED) is 0.292. The fourth-order valence-electron chi connectivity index (χ4n) is 0. The third kappa shape index (κ3) is 4.27. The minimum absolute atomic E-state index is 0.144. The largest absolute Gasteiger partial charge is 0.328 e. The minimum Gasteiger partial charge on any atom is -0.328 e. The van der Waals surface area contributed by atoms with Crippen LogP contribution < -0.4 is 11.5 Å². The smallest absolute Gasteiger partial charge is 0.0601 e. The Morgan fingerprint density at radius 2 is 2.00 bits per heavy atom. The summed E-state index contributed by atoms with van der Waals surface area (Å²) in [6.07, 6.45) is 0. The fourth-order valence-corrected chi connectivity index (χ4v) is 0. The van der Waals surface area contributed by atoms with Crippen LogP contribution in [0.25, 0.3) is 0 Å². The van der Waals surface area contributed by atoms with Crippen molar-refractivity contribution < 1.29 is 0 Å². The Morgan fingerprint density at radius 3 is 2.00 bits per heavy atom. The van der Waals surface area contributed by atoms with Gasteiger partial charge in [0.15, 0.2) is 0 Å². The monoisotopic (exact) mass is 92.0 g/mol. The van der Waals surface area contributed by atoms with Crippen molar-refractivity contribution in [1.82, 2.24) is 0 Å². The van der Waals surface area contributed by atoms with Crippen LogP contribution in [0.4, 0.5) is 0 Å². The van der Waals surface area contributed by atoms with E-state index in [4.69, 9.17) is 11.5 Å². The molecule has 0 amide bonds. The number of rotatable bonds is 1. The van der Waals surface area contributed by atoms with Crippen LogP contribution in [0.2, 0.25) is 0 Å². The van der Waals surface area contributed by atoms with Gasteiger partial charge < -0.3 is 11.5 Å². The molecule has 0 aliphatic heterocycles. The molecule has 0 aromatic carbocycles. The van der Waals surface area contributed by atoms with Gasteiger partial charge in [-0.2, -0.15) is 12.6 Å². The third-order valence-electron chi connectivity index (χ3n) is 0.241. The van der Waals surface area contributed by atoms with E-state index in [1.807, 2.05) is 0 Å². The summed E-state index contributed by atoms with van der Waals surface area (Å²) in [4.78, 5) is 0. The van der Waals surface area contributed by atoms with Gasteiger partial charge in [0.1, 0.15) is 0 Å². The predicted octanol–water partition coefficient (Wildman–Crippen LogP) is -0.840. The molecule has 0 heterocycles. The molecule has 0 saturated carbocycles. The number of nitrogens with two attached hydrogens (primary N) is 2. The molecule has 5 heavy (non-hydrogen) atoms. The SMILES string of the molecule is NC[C@H](N)S. The van der Waals surface area contributed by atoms with Gasteiger partial charge in [-0.1, -0.05) is 0 Å². The molecule has 0 aromatic heterocycles. The van der Waals surface area contributed by atoms with Crippen LogP contribution in [-0.4, -0.2) is 11.9 Å². The van der Waals surface area contributed by atoms with Crippen LogP contribution in [0.3, 0.4) is 0 Å². The van der Waals surface area contributed by atoms with Gasteiger partial charge in [-0.3, -0.25) is 0 Å². The lowest BCUT2D eigenvalue weighted by Crippen LogP contribution is -2.22. The van der Waals surface area contributed by atoms with E-state index >= 15 is 0 Å². The number of hydrogen-bond acceptors (Lipinski definition) is 3. The van der Waals surface area contributed by atoms with Crippen molar-refractivity contribution in [3.8, 4) is 0 Å². The first kappa shape index (κ1) is 5.27. The van der Waals surface area contributed by atoms with Crippen LogP contribution in [-0.2, 0) is 0 Å². The van der Waals surface area contributed by atoms with E-state index in [2.05, 4.69) is 12.6 Å². The van der Waals surface area contributed by atoms with Gasteiger partial charge in [-0.15, -0.1) is 0 Å². The van der Waals surface area contributed by atoms with E-state index in [0.29, 0.717) is 6.54 Å². The summed E-state index contributed by atoms with van der Waals surface area (Å²) in [5.74, 6) is 0. The first-order chi connectivity index (χ1) is 2.27. The van der Waals surface area contributed by atoms with E-state index in [9.17, 15) is 0 Å². The maximum absolute atomic E-state index is 5.03. The summed E-state index contributed by atoms with van der Waals surface area (Å²) < 4.78 is 0. The molecule has 0 unspecified atom stereocenters. The van der Waals surface area contributed by atoms with E-state index in [-0.39, 0.29) is 5.37 Å². The zero-order valence-corrected chi connectivity index (χ0v) is 3.78. The predicted molar refractivity (Wildman–Crippen MR) is 26.0 cm³/mol. The summed E-state index contributed by atoms with van der Waals surface area (Å²) in [6, 6.07) is 0. The molecular formula is C2H8N2S. The summed E-state index contributed by atoms with van der Waals surface area (Å²) in [7, 11) is 0. The third-order valence-corrected chi connectivity index (χ3v) is 0.452. The van der Waals surface area contributed by atoms with Gasteiger partial charge in [0.2, 0.25) is 0 Å². The molecule has 0 fully saturated rings. The highest BCUT2D eigenvalue weighted by atomic mass is 32.1. The number of thiol groups is 1.